The number of hydrogen-bond acceptors (Lipinski definition) is 4. The van der Waals surface area contributed by atoms with Gasteiger partial charge in [-0.15, -0.1) is 0 Å². The van der Waals surface area contributed by atoms with E-state index in [1.54, 1.807) is 0 Å². The highest BCUT2D eigenvalue weighted by atomic mass is 16.5. The molecule has 2 aliphatic rings. The minimum atomic E-state index is -1.05. The molecule has 7 nitrogen and oxygen atoms in total. The van der Waals surface area contributed by atoms with Gasteiger partial charge in [-0.2, -0.15) is 0 Å². The summed E-state index contributed by atoms with van der Waals surface area (Å²) in [5.41, 5.74) is 4.35. The molecule has 0 heterocycles. The summed E-state index contributed by atoms with van der Waals surface area (Å²) in [7, 11) is 0. The number of carbonyl (C=O) groups is 3. The average molecular weight is 479 g/mol. The molecule has 4 rings (SSSR count). The monoisotopic (exact) mass is 478 g/mol. The van der Waals surface area contributed by atoms with Crippen LogP contribution in [-0.2, 0) is 14.3 Å². The normalized spacial score (nSPS) is 20.0. The molecule has 0 spiro atoms. The third-order valence-corrected chi connectivity index (χ3v) is 6.93. The van der Waals surface area contributed by atoms with E-state index in [2.05, 4.69) is 34.9 Å². The van der Waals surface area contributed by atoms with Crippen molar-refractivity contribution < 1.29 is 24.2 Å². The Kier molecular flexibility index (Phi) is 7.15. The fraction of sp³-hybridized carbons (Fsp3) is 0.464. The summed E-state index contributed by atoms with van der Waals surface area (Å²) in [5.74, 6) is -1.89. The third kappa shape index (κ3) is 5.66. The molecule has 0 aromatic heterocycles. The minimum Gasteiger partial charge on any atom is -0.480 e. The Bertz CT molecular complexity index is 1060. The summed E-state index contributed by atoms with van der Waals surface area (Å²) in [6, 6.07) is 14.9. The van der Waals surface area contributed by atoms with Crippen molar-refractivity contribution in [1.82, 2.24) is 10.6 Å². The molecule has 2 aromatic carbocycles. The number of hydrogen-bond donors (Lipinski definition) is 3. The number of carboxylic acids is 1. The van der Waals surface area contributed by atoms with Crippen LogP contribution in [0.5, 0.6) is 0 Å². The Balaban J connectivity index is 1.36. The van der Waals surface area contributed by atoms with Crippen molar-refractivity contribution in [3.05, 3.63) is 59.7 Å². The Morgan fingerprint density at radius 3 is 2.17 bits per heavy atom. The van der Waals surface area contributed by atoms with E-state index in [-0.39, 0.29) is 29.9 Å². The molecule has 2 amide bonds. The van der Waals surface area contributed by atoms with Crippen molar-refractivity contribution in [2.24, 2.45) is 11.3 Å². The number of nitrogens with one attached hydrogen (secondary N) is 2. The van der Waals surface area contributed by atoms with Crippen LogP contribution in [0.25, 0.3) is 11.1 Å². The first-order chi connectivity index (χ1) is 16.6. The summed E-state index contributed by atoms with van der Waals surface area (Å²) >= 11 is 0. The van der Waals surface area contributed by atoms with Crippen LogP contribution in [0.3, 0.4) is 0 Å². The highest BCUT2D eigenvalue weighted by Crippen LogP contribution is 2.44. The van der Waals surface area contributed by atoms with Crippen molar-refractivity contribution in [1.29, 1.82) is 0 Å². The van der Waals surface area contributed by atoms with E-state index >= 15 is 0 Å². The second-order valence-electron chi connectivity index (χ2n) is 10.8. The van der Waals surface area contributed by atoms with Gasteiger partial charge >= 0.3 is 12.1 Å². The second-order valence-corrected chi connectivity index (χ2v) is 10.8. The van der Waals surface area contributed by atoms with Gasteiger partial charge in [0.2, 0.25) is 5.91 Å². The molecule has 35 heavy (non-hydrogen) atoms. The number of carboxylic acid groups (broad SMARTS) is 1. The highest BCUT2D eigenvalue weighted by molar-refractivity contribution is 5.86. The average Bonchev–Trinajstić information content (AvgIpc) is 3.39. The van der Waals surface area contributed by atoms with Crippen molar-refractivity contribution in [2.45, 2.75) is 64.5 Å². The van der Waals surface area contributed by atoms with Crippen LogP contribution in [0.15, 0.2) is 48.5 Å². The van der Waals surface area contributed by atoms with Crippen LogP contribution in [-0.4, -0.2) is 41.8 Å². The fourth-order valence-electron chi connectivity index (χ4n) is 5.33. The van der Waals surface area contributed by atoms with Gasteiger partial charge in [0.1, 0.15) is 12.6 Å². The Hall–Kier alpha value is -3.35. The molecule has 7 heteroatoms. The van der Waals surface area contributed by atoms with Crippen molar-refractivity contribution >= 4 is 18.0 Å². The van der Waals surface area contributed by atoms with E-state index in [1.165, 1.54) is 0 Å². The molecule has 1 fully saturated rings. The zero-order valence-electron chi connectivity index (χ0n) is 20.5. The maximum Gasteiger partial charge on any atom is 0.407 e. The summed E-state index contributed by atoms with van der Waals surface area (Å²) in [5, 5.41) is 15.1. The molecule has 2 aromatic rings. The van der Waals surface area contributed by atoms with Gasteiger partial charge in [-0.3, -0.25) is 4.79 Å². The van der Waals surface area contributed by atoms with Crippen LogP contribution in [0.2, 0.25) is 0 Å². The maximum absolute atomic E-state index is 12.9. The van der Waals surface area contributed by atoms with Gasteiger partial charge in [-0.05, 0) is 46.9 Å². The number of alkyl carbamates (subject to hydrolysis) is 1. The number of benzene rings is 2. The minimum absolute atomic E-state index is 0.0375. The fourth-order valence-corrected chi connectivity index (χ4v) is 5.33. The Morgan fingerprint density at radius 1 is 1.00 bits per heavy atom. The summed E-state index contributed by atoms with van der Waals surface area (Å²) in [6.07, 6.45) is 1.80. The van der Waals surface area contributed by atoms with Gasteiger partial charge in [0.15, 0.2) is 0 Å². The lowest BCUT2D eigenvalue weighted by atomic mass is 9.87. The smallest absolute Gasteiger partial charge is 0.407 e. The van der Waals surface area contributed by atoms with E-state index in [1.807, 2.05) is 45.0 Å². The van der Waals surface area contributed by atoms with Crippen LogP contribution >= 0.6 is 0 Å². The molecule has 0 aliphatic heterocycles. The van der Waals surface area contributed by atoms with E-state index in [0.29, 0.717) is 19.3 Å². The predicted octanol–water partition coefficient (Wildman–Crippen LogP) is 4.70. The van der Waals surface area contributed by atoms with Crippen LogP contribution < -0.4 is 10.6 Å². The SMILES string of the molecule is CC(C)(C)CC(NC(=O)[C@H]1CCC[C@H]1NC(=O)OCC1c2ccccc2-c2ccccc21)C(=O)O. The molecule has 0 saturated heterocycles. The lowest BCUT2D eigenvalue weighted by Gasteiger charge is -2.26. The summed E-state index contributed by atoms with van der Waals surface area (Å²) in [6.45, 7) is 6.01. The first-order valence-electron chi connectivity index (χ1n) is 12.3. The van der Waals surface area contributed by atoms with Crippen LogP contribution in [0, 0.1) is 11.3 Å². The van der Waals surface area contributed by atoms with E-state index in [4.69, 9.17) is 4.74 Å². The van der Waals surface area contributed by atoms with E-state index in [9.17, 15) is 19.5 Å². The zero-order valence-corrected chi connectivity index (χ0v) is 20.5. The van der Waals surface area contributed by atoms with Gasteiger partial charge in [0.05, 0.1) is 5.92 Å². The summed E-state index contributed by atoms with van der Waals surface area (Å²) in [4.78, 5) is 37.3. The molecule has 3 N–H and O–H groups in total. The molecule has 0 radical (unpaired) electrons. The van der Waals surface area contributed by atoms with Crippen LogP contribution in [0.4, 0.5) is 4.79 Å². The third-order valence-electron chi connectivity index (χ3n) is 6.93. The van der Waals surface area contributed by atoms with Crippen molar-refractivity contribution in [2.75, 3.05) is 6.61 Å². The zero-order chi connectivity index (χ0) is 25.2. The molecule has 186 valence electrons. The quantitative estimate of drug-likeness (QED) is 0.535. The Labute approximate surface area is 206 Å². The lowest BCUT2D eigenvalue weighted by molar-refractivity contribution is -0.143. The number of rotatable bonds is 7. The largest absolute Gasteiger partial charge is 0.480 e. The van der Waals surface area contributed by atoms with Gasteiger partial charge in [-0.1, -0.05) is 75.7 Å². The number of aliphatic carboxylic acids is 1. The van der Waals surface area contributed by atoms with Crippen molar-refractivity contribution in [3.63, 3.8) is 0 Å². The standard InChI is InChI=1S/C28H34N2O5/c1-28(2,3)15-24(26(32)33)29-25(31)21-13-8-14-23(21)30-27(34)35-16-22-19-11-6-4-9-17(19)18-10-5-7-12-20(18)22/h4-7,9-12,21-24H,8,13-16H2,1-3H3,(H,29,31)(H,30,34)(H,32,33)/t21-,23+,24?/m0/s1. The number of fused-ring (bicyclic) bond motifs is 3. The second kappa shape index (κ2) is 10.1. The van der Waals surface area contributed by atoms with Gasteiger partial charge in [-0.25, -0.2) is 9.59 Å². The molecule has 1 saturated carbocycles. The number of ether oxygens (including phenoxy) is 1. The molecule has 1 unspecified atom stereocenters. The molecular weight excluding hydrogens is 444 g/mol. The molecule has 0 bridgehead atoms. The topological polar surface area (TPSA) is 105 Å². The van der Waals surface area contributed by atoms with Gasteiger partial charge < -0.3 is 20.5 Å². The predicted molar refractivity (Wildman–Crippen MR) is 133 cm³/mol. The molecule has 3 atom stereocenters. The van der Waals surface area contributed by atoms with Crippen molar-refractivity contribution in [3.8, 4) is 11.1 Å². The van der Waals surface area contributed by atoms with E-state index in [0.717, 1.165) is 28.7 Å². The highest BCUT2D eigenvalue weighted by Gasteiger charge is 2.37. The van der Waals surface area contributed by atoms with E-state index < -0.39 is 24.0 Å². The molecular formula is C28H34N2O5. The molecule has 2 aliphatic carbocycles. The summed E-state index contributed by atoms with van der Waals surface area (Å²) < 4.78 is 5.64. The van der Waals surface area contributed by atoms with Gasteiger partial charge in [0, 0.05) is 12.0 Å². The first-order valence-corrected chi connectivity index (χ1v) is 12.3. The van der Waals surface area contributed by atoms with Gasteiger partial charge in [0.25, 0.3) is 0 Å². The first kappa shape index (κ1) is 24.8. The maximum atomic E-state index is 12.9. The number of carbonyl (C=O) groups excluding carboxylic acids is 2. The lowest BCUT2D eigenvalue weighted by Crippen LogP contribution is -2.49. The Morgan fingerprint density at radius 2 is 1.60 bits per heavy atom. The van der Waals surface area contributed by atoms with Crippen LogP contribution in [0.1, 0.15) is 63.5 Å². The number of amides is 2.